The van der Waals surface area contributed by atoms with Gasteiger partial charge in [-0.3, -0.25) is 4.79 Å². The standard InChI is InChI=1S/C16H25N3O4/c1-9(11-5-6-17-15(22)18-11)10(7-14(20)21)12-8-13(23-19-12)16(2,3)4/h8-11H,5-7H2,1-4H3,(H,20,21)(H2,17,18,22). The summed E-state index contributed by atoms with van der Waals surface area (Å²) in [4.78, 5) is 22.8. The Morgan fingerprint density at radius 3 is 2.74 bits per heavy atom. The fourth-order valence-corrected chi connectivity index (χ4v) is 2.87. The first-order chi connectivity index (χ1) is 10.7. The van der Waals surface area contributed by atoms with Crippen LogP contribution in [0.5, 0.6) is 0 Å². The number of aliphatic carboxylic acids is 1. The maximum absolute atomic E-state index is 11.5. The lowest BCUT2D eigenvalue weighted by Gasteiger charge is -2.33. The second-order valence-corrected chi connectivity index (χ2v) is 7.22. The number of rotatable bonds is 5. The van der Waals surface area contributed by atoms with Crippen molar-refractivity contribution in [3.8, 4) is 0 Å². The predicted molar refractivity (Wildman–Crippen MR) is 84.3 cm³/mol. The topological polar surface area (TPSA) is 104 Å². The van der Waals surface area contributed by atoms with E-state index in [-0.39, 0.29) is 35.7 Å². The second-order valence-electron chi connectivity index (χ2n) is 7.22. The molecule has 2 heterocycles. The molecule has 3 atom stereocenters. The van der Waals surface area contributed by atoms with Crippen LogP contribution in [0.25, 0.3) is 0 Å². The molecule has 1 fully saturated rings. The van der Waals surface area contributed by atoms with E-state index in [9.17, 15) is 14.7 Å². The fourth-order valence-electron chi connectivity index (χ4n) is 2.87. The number of carboxylic acid groups (broad SMARTS) is 1. The molecule has 0 spiro atoms. The Morgan fingerprint density at radius 1 is 1.52 bits per heavy atom. The van der Waals surface area contributed by atoms with Crippen molar-refractivity contribution >= 4 is 12.0 Å². The Morgan fingerprint density at radius 2 is 2.22 bits per heavy atom. The average molecular weight is 323 g/mol. The van der Waals surface area contributed by atoms with Crippen LogP contribution >= 0.6 is 0 Å². The molecule has 1 aromatic rings. The van der Waals surface area contributed by atoms with Gasteiger partial charge in [0, 0.05) is 30.0 Å². The zero-order valence-electron chi connectivity index (χ0n) is 14.0. The van der Waals surface area contributed by atoms with E-state index < -0.39 is 5.97 Å². The van der Waals surface area contributed by atoms with E-state index in [1.54, 1.807) is 0 Å². The minimum absolute atomic E-state index is 0.0446. The van der Waals surface area contributed by atoms with Crippen LogP contribution in [-0.2, 0) is 10.2 Å². The molecule has 0 radical (unpaired) electrons. The van der Waals surface area contributed by atoms with E-state index in [0.29, 0.717) is 12.2 Å². The van der Waals surface area contributed by atoms with Gasteiger partial charge in [0.1, 0.15) is 5.76 Å². The van der Waals surface area contributed by atoms with Gasteiger partial charge in [0.25, 0.3) is 0 Å². The number of urea groups is 1. The van der Waals surface area contributed by atoms with Crippen molar-refractivity contribution in [2.24, 2.45) is 5.92 Å². The molecule has 7 nitrogen and oxygen atoms in total. The normalized spacial score (nSPS) is 21.2. The van der Waals surface area contributed by atoms with Gasteiger partial charge >= 0.3 is 12.0 Å². The van der Waals surface area contributed by atoms with Gasteiger partial charge in [0.2, 0.25) is 0 Å². The second kappa shape index (κ2) is 6.60. The molecule has 3 unspecified atom stereocenters. The van der Waals surface area contributed by atoms with E-state index in [0.717, 1.165) is 12.2 Å². The largest absolute Gasteiger partial charge is 0.481 e. The van der Waals surface area contributed by atoms with Crippen molar-refractivity contribution in [1.82, 2.24) is 15.8 Å². The summed E-state index contributed by atoms with van der Waals surface area (Å²) in [6.45, 7) is 8.59. The van der Waals surface area contributed by atoms with E-state index >= 15 is 0 Å². The summed E-state index contributed by atoms with van der Waals surface area (Å²) in [6.07, 6.45) is 0.712. The van der Waals surface area contributed by atoms with Gasteiger partial charge in [-0.2, -0.15) is 0 Å². The average Bonchev–Trinajstić information content (AvgIpc) is 2.93. The molecule has 0 saturated carbocycles. The lowest BCUT2D eigenvalue weighted by Crippen LogP contribution is -2.52. The SMILES string of the molecule is CC(C1CCNC(=O)N1)C(CC(=O)O)c1cc(C(C)(C)C)on1. The van der Waals surface area contributed by atoms with Gasteiger partial charge in [-0.25, -0.2) is 4.79 Å². The first kappa shape index (κ1) is 17.3. The van der Waals surface area contributed by atoms with Crippen LogP contribution in [0.3, 0.4) is 0 Å². The summed E-state index contributed by atoms with van der Waals surface area (Å²) in [5, 5.41) is 18.9. The molecule has 0 bridgehead atoms. The van der Waals surface area contributed by atoms with E-state index in [1.807, 2.05) is 33.8 Å². The number of nitrogens with one attached hydrogen (secondary N) is 2. The Kier molecular flexibility index (Phi) is 4.97. The van der Waals surface area contributed by atoms with Gasteiger partial charge in [-0.1, -0.05) is 32.9 Å². The predicted octanol–water partition coefficient (Wildman–Crippen LogP) is 2.24. The first-order valence-electron chi connectivity index (χ1n) is 7.91. The number of hydrogen-bond acceptors (Lipinski definition) is 4. The van der Waals surface area contributed by atoms with Crippen molar-refractivity contribution in [3.63, 3.8) is 0 Å². The third-order valence-corrected chi connectivity index (χ3v) is 4.37. The lowest BCUT2D eigenvalue weighted by atomic mass is 9.80. The van der Waals surface area contributed by atoms with E-state index in [1.165, 1.54) is 0 Å². The Labute approximate surface area is 135 Å². The molecule has 3 N–H and O–H groups in total. The highest BCUT2D eigenvalue weighted by Crippen LogP contribution is 2.33. The minimum Gasteiger partial charge on any atom is -0.481 e. The minimum atomic E-state index is -0.887. The third kappa shape index (κ3) is 4.24. The number of amides is 2. The van der Waals surface area contributed by atoms with Crippen LogP contribution < -0.4 is 10.6 Å². The van der Waals surface area contributed by atoms with Crippen LogP contribution in [-0.4, -0.2) is 34.9 Å². The molecule has 0 aliphatic carbocycles. The van der Waals surface area contributed by atoms with Gasteiger partial charge < -0.3 is 20.3 Å². The highest BCUT2D eigenvalue weighted by Gasteiger charge is 2.34. The van der Waals surface area contributed by atoms with Gasteiger partial charge in [-0.15, -0.1) is 0 Å². The fraction of sp³-hybridized carbons (Fsp3) is 0.688. The summed E-state index contributed by atoms with van der Waals surface area (Å²) >= 11 is 0. The molecule has 2 rings (SSSR count). The monoisotopic (exact) mass is 323 g/mol. The van der Waals surface area contributed by atoms with Crippen molar-refractivity contribution in [2.45, 2.75) is 57.9 Å². The molecule has 0 aromatic carbocycles. The maximum atomic E-state index is 11.5. The number of hydrogen-bond donors (Lipinski definition) is 3. The van der Waals surface area contributed by atoms with Crippen LogP contribution in [0.1, 0.15) is 57.9 Å². The van der Waals surface area contributed by atoms with Crippen molar-refractivity contribution in [3.05, 3.63) is 17.5 Å². The molecular formula is C16H25N3O4. The zero-order chi connectivity index (χ0) is 17.2. The van der Waals surface area contributed by atoms with Crippen molar-refractivity contribution < 1.29 is 19.2 Å². The summed E-state index contributed by atoms with van der Waals surface area (Å²) < 4.78 is 5.41. The highest BCUT2D eigenvalue weighted by atomic mass is 16.5. The van der Waals surface area contributed by atoms with E-state index in [4.69, 9.17) is 4.52 Å². The van der Waals surface area contributed by atoms with Crippen LogP contribution in [0.15, 0.2) is 10.6 Å². The van der Waals surface area contributed by atoms with Gasteiger partial charge in [-0.05, 0) is 12.3 Å². The molecule has 1 aliphatic rings. The molecule has 1 aliphatic heterocycles. The number of carbonyl (C=O) groups is 2. The van der Waals surface area contributed by atoms with Gasteiger partial charge in [0.05, 0.1) is 12.1 Å². The van der Waals surface area contributed by atoms with Crippen LogP contribution in [0.4, 0.5) is 4.79 Å². The third-order valence-electron chi connectivity index (χ3n) is 4.37. The number of carboxylic acids is 1. The smallest absolute Gasteiger partial charge is 0.315 e. The summed E-state index contributed by atoms with van der Waals surface area (Å²) in [6, 6.07) is 1.55. The molecule has 23 heavy (non-hydrogen) atoms. The van der Waals surface area contributed by atoms with Crippen molar-refractivity contribution in [1.29, 1.82) is 0 Å². The van der Waals surface area contributed by atoms with Crippen molar-refractivity contribution in [2.75, 3.05) is 6.54 Å². The lowest BCUT2D eigenvalue weighted by molar-refractivity contribution is -0.137. The Balaban J connectivity index is 2.23. The Bertz CT molecular complexity index is 576. The summed E-state index contributed by atoms with van der Waals surface area (Å²) in [5.74, 6) is -0.530. The number of nitrogens with zero attached hydrogens (tertiary/aromatic N) is 1. The maximum Gasteiger partial charge on any atom is 0.315 e. The highest BCUT2D eigenvalue weighted by molar-refractivity contribution is 5.75. The molecule has 1 aromatic heterocycles. The summed E-state index contributed by atoms with van der Waals surface area (Å²) in [7, 11) is 0. The molecule has 1 saturated heterocycles. The van der Waals surface area contributed by atoms with Crippen LogP contribution in [0.2, 0.25) is 0 Å². The molecular weight excluding hydrogens is 298 g/mol. The summed E-state index contributed by atoms with van der Waals surface area (Å²) in [5.41, 5.74) is 0.447. The first-order valence-corrected chi connectivity index (χ1v) is 7.91. The van der Waals surface area contributed by atoms with E-state index in [2.05, 4.69) is 15.8 Å². The van der Waals surface area contributed by atoms with Gasteiger partial charge in [0.15, 0.2) is 0 Å². The Hall–Kier alpha value is -2.05. The molecule has 2 amide bonds. The quantitative estimate of drug-likeness (QED) is 0.771. The zero-order valence-corrected chi connectivity index (χ0v) is 14.0. The van der Waals surface area contributed by atoms with Crippen LogP contribution in [0, 0.1) is 5.92 Å². The number of carbonyl (C=O) groups excluding carboxylic acids is 1. The number of aromatic nitrogens is 1. The molecule has 128 valence electrons. The molecule has 7 heteroatoms.